The fourth-order valence-electron chi connectivity index (χ4n) is 1.93. The molecule has 0 aromatic carbocycles. The van der Waals surface area contributed by atoms with Crippen molar-refractivity contribution in [3.05, 3.63) is 0 Å². The average Bonchev–Trinajstić information content (AvgIpc) is 2.84. The summed E-state index contributed by atoms with van der Waals surface area (Å²) in [7, 11) is 4.19. The topological polar surface area (TPSA) is 48.9 Å². The van der Waals surface area contributed by atoms with E-state index in [0.29, 0.717) is 6.10 Å². The molecule has 0 spiro atoms. The molecular formula is C13H29IN4O. The van der Waals surface area contributed by atoms with Gasteiger partial charge in [0.05, 0.1) is 12.6 Å². The van der Waals surface area contributed by atoms with E-state index >= 15 is 0 Å². The predicted molar refractivity (Wildman–Crippen MR) is 91.5 cm³/mol. The third-order valence-electron chi connectivity index (χ3n) is 2.90. The highest BCUT2D eigenvalue weighted by Crippen LogP contribution is 2.11. The number of nitrogens with one attached hydrogen (secondary N) is 2. The van der Waals surface area contributed by atoms with Crippen LogP contribution in [0, 0.1) is 0 Å². The first kappa shape index (κ1) is 18.9. The van der Waals surface area contributed by atoms with E-state index in [-0.39, 0.29) is 24.0 Å². The van der Waals surface area contributed by atoms with E-state index in [1.807, 2.05) is 0 Å². The minimum Gasteiger partial charge on any atom is -0.376 e. The maximum Gasteiger partial charge on any atom is 0.191 e. The Labute approximate surface area is 134 Å². The Morgan fingerprint density at radius 3 is 2.74 bits per heavy atom. The molecule has 1 rings (SSSR count). The Kier molecular flexibility index (Phi) is 11.7. The van der Waals surface area contributed by atoms with Crippen molar-refractivity contribution >= 4 is 29.9 Å². The second-order valence-electron chi connectivity index (χ2n) is 4.94. The summed E-state index contributed by atoms with van der Waals surface area (Å²) in [6.07, 6.45) is 3.76. The van der Waals surface area contributed by atoms with Crippen LogP contribution in [0.1, 0.15) is 26.2 Å². The number of rotatable bonds is 7. The van der Waals surface area contributed by atoms with Gasteiger partial charge in [0.1, 0.15) is 0 Å². The summed E-state index contributed by atoms with van der Waals surface area (Å²) < 4.78 is 5.57. The SMILES string of the molecule is CCNC(=NCC1CCCO1)NCCCN(C)C.I. The molecule has 1 fully saturated rings. The molecule has 1 saturated heterocycles. The number of halogens is 1. The van der Waals surface area contributed by atoms with Gasteiger partial charge in [-0.2, -0.15) is 0 Å². The molecule has 1 heterocycles. The molecule has 0 saturated carbocycles. The van der Waals surface area contributed by atoms with E-state index in [4.69, 9.17) is 4.74 Å². The van der Waals surface area contributed by atoms with Gasteiger partial charge in [-0.15, -0.1) is 24.0 Å². The maximum atomic E-state index is 5.57. The fraction of sp³-hybridized carbons (Fsp3) is 0.923. The first-order chi connectivity index (χ1) is 8.72. The summed E-state index contributed by atoms with van der Waals surface area (Å²) in [5.74, 6) is 0.909. The monoisotopic (exact) mass is 384 g/mol. The van der Waals surface area contributed by atoms with Gasteiger partial charge in [0.2, 0.25) is 0 Å². The van der Waals surface area contributed by atoms with Crippen LogP contribution in [0.15, 0.2) is 4.99 Å². The van der Waals surface area contributed by atoms with Crippen LogP contribution >= 0.6 is 24.0 Å². The lowest BCUT2D eigenvalue weighted by molar-refractivity contribution is 0.117. The Hall–Kier alpha value is -0.0800. The van der Waals surface area contributed by atoms with Crippen molar-refractivity contribution in [2.24, 2.45) is 4.99 Å². The van der Waals surface area contributed by atoms with Crippen LogP contribution in [0.4, 0.5) is 0 Å². The van der Waals surface area contributed by atoms with Gasteiger partial charge in [0, 0.05) is 19.7 Å². The second kappa shape index (κ2) is 11.7. The zero-order valence-corrected chi connectivity index (χ0v) is 14.8. The lowest BCUT2D eigenvalue weighted by Crippen LogP contribution is -2.39. The summed E-state index contributed by atoms with van der Waals surface area (Å²) in [6.45, 7) is 6.69. The number of ether oxygens (including phenoxy) is 1. The molecule has 5 nitrogen and oxygen atoms in total. The first-order valence-corrected chi connectivity index (χ1v) is 7.01. The number of guanidine groups is 1. The minimum absolute atomic E-state index is 0. The van der Waals surface area contributed by atoms with Gasteiger partial charge in [-0.05, 0) is 46.8 Å². The Morgan fingerprint density at radius 2 is 2.16 bits per heavy atom. The van der Waals surface area contributed by atoms with E-state index < -0.39 is 0 Å². The van der Waals surface area contributed by atoms with Gasteiger partial charge in [0.25, 0.3) is 0 Å². The van der Waals surface area contributed by atoms with Crippen LogP contribution in [-0.2, 0) is 4.74 Å². The molecular weight excluding hydrogens is 355 g/mol. The van der Waals surface area contributed by atoms with Gasteiger partial charge in [-0.3, -0.25) is 4.99 Å². The number of nitrogens with zero attached hydrogens (tertiary/aromatic N) is 2. The molecule has 0 aliphatic carbocycles. The van der Waals surface area contributed by atoms with Gasteiger partial charge in [0.15, 0.2) is 5.96 Å². The molecule has 6 heteroatoms. The van der Waals surface area contributed by atoms with Gasteiger partial charge < -0.3 is 20.3 Å². The molecule has 0 radical (unpaired) electrons. The molecule has 1 aliphatic rings. The lowest BCUT2D eigenvalue weighted by atomic mass is 10.2. The summed E-state index contributed by atoms with van der Waals surface area (Å²) in [4.78, 5) is 6.76. The van der Waals surface area contributed by atoms with E-state index in [1.54, 1.807) is 0 Å². The molecule has 0 aromatic rings. The Morgan fingerprint density at radius 1 is 1.37 bits per heavy atom. The third-order valence-corrected chi connectivity index (χ3v) is 2.90. The summed E-state index contributed by atoms with van der Waals surface area (Å²) >= 11 is 0. The average molecular weight is 384 g/mol. The normalized spacial score (nSPS) is 19.4. The molecule has 1 aliphatic heterocycles. The smallest absolute Gasteiger partial charge is 0.191 e. The van der Waals surface area contributed by atoms with Crippen molar-refractivity contribution in [2.45, 2.75) is 32.3 Å². The highest BCUT2D eigenvalue weighted by Gasteiger charge is 2.14. The van der Waals surface area contributed by atoms with Crippen LogP contribution in [0.3, 0.4) is 0 Å². The van der Waals surface area contributed by atoms with Crippen molar-refractivity contribution in [3.8, 4) is 0 Å². The lowest BCUT2D eigenvalue weighted by Gasteiger charge is -2.14. The van der Waals surface area contributed by atoms with Gasteiger partial charge in [-0.25, -0.2) is 0 Å². The van der Waals surface area contributed by atoms with E-state index in [1.165, 1.54) is 6.42 Å². The zero-order valence-electron chi connectivity index (χ0n) is 12.4. The molecule has 1 atom stereocenters. The number of hydrogen-bond donors (Lipinski definition) is 2. The second-order valence-corrected chi connectivity index (χ2v) is 4.94. The van der Waals surface area contributed by atoms with E-state index in [9.17, 15) is 0 Å². The molecule has 0 aromatic heterocycles. The van der Waals surface area contributed by atoms with Crippen molar-refractivity contribution < 1.29 is 4.74 Å². The third kappa shape index (κ3) is 9.45. The van der Waals surface area contributed by atoms with Gasteiger partial charge in [-0.1, -0.05) is 0 Å². The van der Waals surface area contributed by atoms with Crippen molar-refractivity contribution in [1.82, 2.24) is 15.5 Å². The fourth-order valence-corrected chi connectivity index (χ4v) is 1.93. The van der Waals surface area contributed by atoms with Crippen LogP contribution in [-0.4, -0.2) is 63.8 Å². The Balaban J connectivity index is 0.00000324. The van der Waals surface area contributed by atoms with Crippen molar-refractivity contribution in [1.29, 1.82) is 0 Å². The summed E-state index contributed by atoms with van der Waals surface area (Å²) in [6, 6.07) is 0. The molecule has 1 unspecified atom stereocenters. The van der Waals surface area contributed by atoms with Crippen LogP contribution in [0.5, 0.6) is 0 Å². The van der Waals surface area contributed by atoms with Crippen molar-refractivity contribution in [3.63, 3.8) is 0 Å². The highest BCUT2D eigenvalue weighted by molar-refractivity contribution is 14.0. The van der Waals surface area contributed by atoms with Crippen molar-refractivity contribution in [2.75, 3.05) is 46.9 Å². The van der Waals surface area contributed by atoms with E-state index in [2.05, 4.69) is 41.5 Å². The van der Waals surface area contributed by atoms with Crippen LogP contribution in [0.2, 0.25) is 0 Å². The summed E-state index contributed by atoms with van der Waals surface area (Å²) in [5, 5.41) is 6.62. The molecule has 0 amide bonds. The Bertz CT molecular complexity index is 243. The largest absolute Gasteiger partial charge is 0.376 e. The number of hydrogen-bond acceptors (Lipinski definition) is 3. The highest BCUT2D eigenvalue weighted by atomic mass is 127. The molecule has 2 N–H and O–H groups in total. The standard InChI is InChI=1S/C13H28N4O.HI/c1-4-14-13(15-8-6-9-17(2)3)16-11-12-7-5-10-18-12;/h12H,4-11H2,1-3H3,(H2,14,15,16);1H. The minimum atomic E-state index is 0. The summed E-state index contributed by atoms with van der Waals surface area (Å²) in [5.41, 5.74) is 0. The first-order valence-electron chi connectivity index (χ1n) is 7.01. The molecule has 114 valence electrons. The number of aliphatic imine (C=N–C) groups is 1. The molecule has 0 bridgehead atoms. The predicted octanol–water partition coefficient (Wildman–Crippen LogP) is 1.29. The maximum absolute atomic E-state index is 5.57. The van der Waals surface area contributed by atoms with Crippen LogP contribution < -0.4 is 10.6 Å². The van der Waals surface area contributed by atoms with Crippen LogP contribution in [0.25, 0.3) is 0 Å². The quantitative estimate of drug-likeness (QED) is 0.301. The van der Waals surface area contributed by atoms with E-state index in [0.717, 1.165) is 51.6 Å². The van der Waals surface area contributed by atoms with Gasteiger partial charge >= 0.3 is 0 Å². The molecule has 19 heavy (non-hydrogen) atoms. The zero-order chi connectivity index (χ0) is 13.2.